The highest BCUT2D eigenvalue weighted by Gasteiger charge is 2.40. The van der Waals surface area contributed by atoms with Crippen LogP contribution in [0.15, 0.2) is 30.3 Å². The average Bonchev–Trinajstić information content (AvgIpc) is 2.67. The first kappa shape index (κ1) is 19.0. The monoisotopic (exact) mass is 397 g/mol. The summed E-state index contributed by atoms with van der Waals surface area (Å²) in [4.78, 5) is 28.5. The summed E-state index contributed by atoms with van der Waals surface area (Å²) in [5, 5.41) is 21.2. The largest absolute Gasteiger partial charge is 0.507 e. The Balaban J connectivity index is 1.61. The molecule has 152 valence electrons. The molecule has 1 aromatic heterocycles. The van der Waals surface area contributed by atoms with Crippen molar-refractivity contribution in [3.8, 4) is 17.0 Å². The van der Waals surface area contributed by atoms with Crippen molar-refractivity contribution in [2.75, 3.05) is 29.9 Å². The number of carbonyl (C=O) groups excluding carboxylic acids is 2. The number of nitrogens with zero attached hydrogens (tertiary/aromatic N) is 4. The molecule has 2 aliphatic rings. The molecule has 9 nitrogen and oxygen atoms in total. The molecule has 9 heteroatoms. The second kappa shape index (κ2) is 6.91. The Morgan fingerprint density at radius 1 is 1.24 bits per heavy atom. The van der Waals surface area contributed by atoms with Crippen LogP contribution in [0.25, 0.3) is 11.3 Å². The number of fused-ring (bicyclic) bond motifs is 3. The van der Waals surface area contributed by atoms with Gasteiger partial charge in [0.1, 0.15) is 17.4 Å². The van der Waals surface area contributed by atoms with E-state index < -0.39 is 17.7 Å². The number of nitrogens with one attached hydrogen (secondary N) is 1. The lowest BCUT2D eigenvalue weighted by atomic mass is 10.1. The van der Waals surface area contributed by atoms with Gasteiger partial charge >= 0.3 is 6.09 Å². The fourth-order valence-electron chi connectivity index (χ4n) is 3.50. The summed E-state index contributed by atoms with van der Waals surface area (Å²) >= 11 is 0. The Hall–Kier alpha value is -3.36. The van der Waals surface area contributed by atoms with Crippen molar-refractivity contribution in [2.24, 2.45) is 0 Å². The molecular formula is C20H23N5O4. The molecule has 0 radical (unpaired) electrons. The summed E-state index contributed by atoms with van der Waals surface area (Å²) in [5.74, 6) is 0.236. The van der Waals surface area contributed by atoms with E-state index in [9.17, 15) is 14.7 Å². The van der Waals surface area contributed by atoms with Crippen LogP contribution in [0, 0.1) is 0 Å². The highest BCUT2D eigenvalue weighted by molar-refractivity contribution is 6.03. The maximum absolute atomic E-state index is 12.6. The number of aromatic nitrogens is 2. The zero-order valence-electron chi connectivity index (χ0n) is 16.5. The van der Waals surface area contributed by atoms with Crippen LogP contribution in [0.5, 0.6) is 5.75 Å². The van der Waals surface area contributed by atoms with Crippen molar-refractivity contribution >= 4 is 23.5 Å². The Kier molecular flexibility index (Phi) is 4.52. The Bertz CT molecular complexity index is 972. The molecule has 2 aliphatic heterocycles. The first-order chi connectivity index (χ1) is 13.7. The molecule has 2 aromatic rings. The van der Waals surface area contributed by atoms with Gasteiger partial charge in [0.15, 0.2) is 5.82 Å². The lowest BCUT2D eigenvalue weighted by Crippen LogP contribution is -2.61. The summed E-state index contributed by atoms with van der Waals surface area (Å²) in [6, 6.07) is 8.13. The van der Waals surface area contributed by atoms with E-state index in [2.05, 4.69) is 15.5 Å². The van der Waals surface area contributed by atoms with E-state index in [-0.39, 0.29) is 18.2 Å². The van der Waals surface area contributed by atoms with Gasteiger partial charge in [0.2, 0.25) is 5.91 Å². The summed E-state index contributed by atoms with van der Waals surface area (Å²) in [5.41, 5.74) is 1.18. The van der Waals surface area contributed by atoms with Gasteiger partial charge in [-0.1, -0.05) is 12.1 Å². The molecule has 29 heavy (non-hydrogen) atoms. The molecule has 1 saturated heterocycles. The first-order valence-electron chi connectivity index (χ1n) is 9.44. The number of phenols is 1. The van der Waals surface area contributed by atoms with Crippen LogP contribution in [0.3, 0.4) is 0 Å². The molecule has 1 atom stereocenters. The molecule has 2 N–H and O–H groups in total. The molecule has 2 amide bonds. The van der Waals surface area contributed by atoms with Gasteiger partial charge in [0.25, 0.3) is 0 Å². The van der Waals surface area contributed by atoms with Gasteiger partial charge in [-0.2, -0.15) is 0 Å². The van der Waals surface area contributed by atoms with Gasteiger partial charge in [-0.25, -0.2) is 4.79 Å². The maximum Gasteiger partial charge on any atom is 0.410 e. The number of piperazine rings is 1. The third-order valence-corrected chi connectivity index (χ3v) is 4.84. The van der Waals surface area contributed by atoms with Crippen LogP contribution >= 0.6 is 0 Å². The smallest absolute Gasteiger partial charge is 0.410 e. The van der Waals surface area contributed by atoms with E-state index in [1.807, 2.05) is 25.7 Å². The van der Waals surface area contributed by atoms with Gasteiger partial charge in [-0.15, -0.1) is 10.2 Å². The highest BCUT2D eigenvalue weighted by atomic mass is 16.6. The number of rotatable bonds is 1. The van der Waals surface area contributed by atoms with Gasteiger partial charge < -0.3 is 25.0 Å². The molecule has 0 aliphatic carbocycles. The lowest BCUT2D eigenvalue weighted by molar-refractivity contribution is -0.118. The number of hydrogen-bond donors (Lipinski definition) is 2. The second-order valence-corrected chi connectivity index (χ2v) is 8.11. The number of aromatic hydroxyl groups is 1. The summed E-state index contributed by atoms with van der Waals surface area (Å²) in [6.45, 7) is 6.52. The van der Waals surface area contributed by atoms with E-state index in [4.69, 9.17) is 4.74 Å². The third kappa shape index (κ3) is 3.67. The van der Waals surface area contributed by atoms with Gasteiger partial charge in [-0.05, 0) is 39.0 Å². The molecule has 0 bridgehead atoms. The fraction of sp³-hybridized carbons (Fsp3) is 0.400. The predicted molar refractivity (Wildman–Crippen MR) is 107 cm³/mol. The number of hydrogen-bond acceptors (Lipinski definition) is 7. The van der Waals surface area contributed by atoms with Crippen molar-refractivity contribution in [1.29, 1.82) is 0 Å². The highest BCUT2D eigenvalue weighted by Crippen LogP contribution is 2.36. The van der Waals surface area contributed by atoms with Gasteiger partial charge in [-0.3, -0.25) is 4.79 Å². The quantitative estimate of drug-likeness (QED) is 0.760. The second-order valence-electron chi connectivity index (χ2n) is 8.11. The number of carbonyl (C=O) groups is 2. The van der Waals surface area contributed by atoms with E-state index in [0.717, 1.165) is 0 Å². The zero-order chi connectivity index (χ0) is 20.8. The first-order valence-corrected chi connectivity index (χ1v) is 9.44. The van der Waals surface area contributed by atoms with E-state index in [1.165, 1.54) is 0 Å². The van der Waals surface area contributed by atoms with Crippen LogP contribution in [-0.2, 0) is 9.53 Å². The van der Waals surface area contributed by atoms with Crippen LogP contribution in [0.1, 0.15) is 20.8 Å². The Morgan fingerprint density at radius 3 is 2.72 bits per heavy atom. The number of amides is 2. The topological polar surface area (TPSA) is 108 Å². The van der Waals surface area contributed by atoms with Crippen LogP contribution < -0.4 is 10.2 Å². The number of ether oxygens (including phenoxy) is 1. The third-order valence-electron chi connectivity index (χ3n) is 4.84. The predicted octanol–water partition coefficient (Wildman–Crippen LogP) is 2.23. The van der Waals surface area contributed by atoms with Crippen LogP contribution in [-0.4, -0.2) is 63.5 Å². The van der Waals surface area contributed by atoms with E-state index in [0.29, 0.717) is 35.9 Å². The Labute approximate surface area is 168 Å². The van der Waals surface area contributed by atoms with Crippen molar-refractivity contribution in [3.05, 3.63) is 30.3 Å². The summed E-state index contributed by atoms with van der Waals surface area (Å²) in [7, 11) is 0. The molecule has 4 rings (SSSR count). The number of benzene rings is 1. The number of phenolic OH excluding ortho intramolecular Hbond substituents is 1. The van der Waals surface area contributed by atoms with E-state index >= 15 is 0 Å². The number of para-hydroxylation sites is 1. The summed E-state index contributed by atoms with van der Waals surface area (Å²) < 4.78 is 5.44. The molecule has 0 saturated carbocycles. The molecular weight excluding hydrogens is 374 g/mol. The van der Waals surface area contributed by atoms with Crippen molar-refractivity contribution < 1.29 is 19.4 Å². The van der Waals surface area contributed by atoms with Crippen molar-refractivity contribution in [1.82, 2.24) is 15.1 Å². The van der Waals surface area contributed by atoms with Gasteiger partial charge in [0, 0.05) is 18.7 Å². The molecule has 0 spiro atoms. The van der Waals surface area contributed by atoms with Crippen LogP contribution in [0.2, 0.25) is 0 Å². The average molecular weight is 397 g/mol. The molecule has 0 unspecified atom stereocenters. The molecule has 1 fully saturated rings. The van der Waals surface area contributed by atoms with Crippen LogP contribution in [0.4, 0.5) is 16.3 Å². The fourth-order valence-corrected chi connectivity index (χ4v) is 3.50. The minimum atomic E-state index is -0.599. The molecule has 1 aromatic carbocycles. The van der Waals surface area contributed by atoms with Crippen molar-refractivity contribution in [2.45, 2.75) is 32.4 Å². The van der Waals surface area contributed by atoms with Gasteiger partial charge in [0.05, 0.1) is 17.9 Å². The maximum atomic E-state index is 12.6. The lowest BCUT2D eigenvalue weighted by Gasteiger charge is -2.44. The van der Waals surface area contributed by atoms with Crippen molar-refractivity contribution in [3.63, 3.8) is 0 Å². The standard InChI is InChI=1S/C20H23N5O4/c1-20(2,3)29-19(28)24-8-9-25-14-10-13(12-6-4-5-7-16(12)26)22-23-17(14)21-18(27)15(25)11-24/h4-7,10,15,26H,8-9,11H2,1-3H3,(H,21,23,27)/t15-/m0/s1. The Morgan fingerprint density at radius 2 is 2.00 bits per heavy atom. The zero-order valence-corrected chi connectivity index (χ0v) is 16.5. The minimum absolute atomic E-state index is 0.105. The molecule has 3 heterocycles. The number of anilines is 2. The summed E-state index contributed by atoms with van der Waals surface area (Å²) in [6.07, 6.45) is -0.432. The van der Waals surface area contributed by atoms with E-state index in [1.54, 1.807) is 35.2 Å². The minimum Gasteiger partial charge on any atom is -0.507 e. The SMILES string of the molecule is CC(C)(C)OC(=O)N1CCN2c3cc(-c4ccccc4O)nnc3NC(=O)[C@@H]2C1. The normalized spacial score (nSPS) is 18.6.